The van der Waals surface area contributed by atoms with Crippen molar-refractivity contribution in [3.8, 4) is 5.75 Å². The van der Waals surface area contributed by atoms with Crippen LogP contribution >= 0.6 is 0 Å². The van der Waals surface area contributed by atoms with E-state index in [1.807, 2.05) is 13.0 Å². The molecule has 1 aliphatic heterocycles. The molecule has 7 heteroatoms. The van der Waals surface area contributed by atoms with Crippen molar-refractivity contribution in [2.75, 3.05) is 24.2 Å². The summed E-state index contributed by atoms with van der Waals surface area (Å²) in [6.45, 7) is 2.38. The molecule has 4 rings (SSSR count). The van der Waals surface area contributed by atoms with Gasteiger partial charge in [-0.15, -0.1) is 0 Å². The van der Waals surface area contributed by atoms with Crippen molar-refractivity contribution in [2.45, 2.75) is 13.3 Å². The fourth-order valence-electron chi connectivity index (χ4n) is 3.55. The number of benzene rings is 3. The van der Waals surface area contributed by atoms with Gasteiger partial charge in [-0.3, -0.25) is 19.3 Å². The van der Waals surface area contributed by atoms with Crippen LogP contribution in [-0.2, 0) is 0 Å². The third-order valence-electron chi connectivity index (χ3n) is 5.33. The smallest absolute Gasteiger partial charge is 0.261 e. The maximum Gasteiger partial charge on any atom is 0.261 e. The highest BCUT2D eigenvalue weighted by Gasteiger charge is 2.34. The molecule has 0 spiro atoms. The number of fused-ring (bicyclic) bond motifs is 1. The molecule has 0 aliphatic carbocycles. The van der Waals surface area contributed by atoms with Crippen LogP contribution in [0.1, 0.15) is 43.1 Å². The number of aryl methyl sites for hydroxylation is 1. The van der Waals surface area contributed by atoms with E-state index in [1.165, 1.54) is 4.90 Å². The minimum atomic E-state index is -0.281. The maximum absolute atomic E-state index is 12.6. The molecule has 0 fully saturated rings. The number of nitrogens with one attached hydrogen (secondary N) is 1. The van der Waals surface area contributed by atoms with E-state index in [0.29, 0.717) is 40.2 Å². The van der Waals surface area contributed by atoms with Gasteiger partial charge in [-0.2, -0.15) is 0 Å². The van der Waals surface area contributed by atoms with E-state index in [2.05, 4.69) is 5.32 Å². The Labute approximate surface area is 185 Å². The largest absolute Gasteiger partial charge is 0.491 e. The first-order chi connectivity index (χ1) is 15.5. The molecule has 3 N–H and O–H groups in total. The highest BCUT2D eigenvalue weighted by Crippen LogP contribution is 2.26. The van der Waals surface area contributed by atoms with Crippen molar-refractivity contribution in [1.29, 1.82) is 0 Å². The molecule has 1 heterocycles. The van der Waals surface area contributed by atoms with Crippen LogP contribution in [0.3, 0.4) is 0 Å². The average molecular weight is 429 g/mol. The van der Waals surface area contributed by atoms with Crippen molar-refractivity contribution >= 4 is 29.1 Å². The number of hydrogen-bond acceptors (Lipinski definition) is 5. The van der Waals surface area contributed by atoms with Crippen LogP contribution in [-0.4, -0.2) is 35.8 Å². The number of hydrogen-bond donors (Lipinski definition) is 2. The first-order valence-electron chi connectivity index (χ1n) is 10.3. The van der Waals surface area contributed by atoms with Gasteiger partial charge in [-0.1, -0.05) is 24.3 Å². The van der Waals surface area contributed by atoms with E-state index in [4.69, 9.17) is 10.5 Å². The van der Waals surface area contributed by atoms with E-state index >= 15 is 0 Å². The van der Waals surface area contributed by atoms with E-state index < -0.39 is 0 Å². The summed E-state index contributed by atoms with van der Waals surface area (Å²) < 4.78 is 5.84. The maximum atomic E-state index is 12.6. The first kappa shape index (κ1) is 21.1. The van der Waals surface area contributed by atoms with Crippen LogP contribution in [0.15, 0.2) is 66.7 Å². The third kappa shape index (κ3) is 4.18. The van der Waals surface area contributed by atoms with Crippen LogP contribution in [0.4, 0.5) is 11.4 Å². The van der Waals surface area contributed by atoms with Gasteiger partial charge in [0, 0.05) is 17.8 Å². The lowest BCUT2D eigenvalue weighted by Crippen LogP contribution is -2.31. The zero-order valence-electron chi connectivity index (χ0n) is 17.6. The van der Waals surface area contributed by atoms with E-state index in [1.54, 1.807) is 60.7 Å². The SMILES string of the molecule is Cc1cc(C(=O)Nc2ccccc2OCCCN2C(=O)c3ccccc3C2=O)ccc1N. The molecule has 0 atom stereocenters. The molecule has 0 saturated carbocycles. The second-order valence-corrected chi connectivity index (χ2v) is 7.53. The molecule has 7 nitrogen and oxygen atoms in total. The van der Waals surface area contributed by atoms with Crippen LogP contribution in [0.2, 0.25) is 0 Å². The summed E-state index contributed by atoms with van der Waals surface area (Å²) in [5.41, 5.74) is 9.18. The molecule has 3 aromatic carbocycles. The number of amides is 3. The molecular formula is C25H23N3O4. The van der Waals surface area contributed by atoms with Crippen molar-refractivity contribution in [3.05, 3.63) is 89.0 Å². The quantitative estimate of drug-likeness (QED) is 0.337. The molecule has 32 heavy (non-hydrogen) atoms. The molecule has 0 unspecified atom stereocenters. The van der Waals surface area contributed by atoms with Crippen LogP contribution < -0.4 is 15.8 Å². The van der Waals surface area contributed by atoms with E-state index in [-0.39, 0.29) is 30.9 Å². The summed E-state index contributed by atoms with van der Waals surface area (Å²) >= 11 is 0. The molecule has 3 amide bonds. The predicted octanol–water partition coefficient (Wildman–Crippen LogP) is 3.89. The Bertz CT molecular complexity index is 1170. The number of anilines is 2. The molecule has 1 aliphatic rings. The Morgan fingerprint density at radius 1 is 0.969 bits per heavy atom. The monoisotopic (exact) mass is 429 g/mol. The highest BCUT2D eigenvalue weighted by molar-refractivity contribution is 6.21. The first-order valence-corrected chi connectivity index (χ1v) is 10.3. The van der Waals surface area contributed by atoms with Gasteiger partial charge in [0.2, 0.25) is 0 Å². The summed E-state index contributed by atoms with van der Waals surface area (Å²) in [5, 5.41) is 2.86. The van der Waals surface area contributed by atoms with Crippen LogP contribution in [0.25, 0.3) is 0 Å². The second-order valence-electron chi connectivity index (χ2n) is 7.53. The average Bonchev–Trinajstić information content (AvgIpc) is 3.04. The highest BCUT2D eigenvalue weighted by atomic mass is 16.5. The number of carbonyl (C=O) groups excluding carboxylic acids is 3. The van der Waals surface area contributed by atoms with Crippen LogP contribution in [0, 0.1) is 6.92 Å². The molecule has 0 bridgehead atoms. The van der Waals surface area contributed by atoms with Crippen molar-refractivity contribution in [2.24, 2.45) is 0 Å². The summed E-state index contributed by atoms with van der Waals surface area (Å²) in [7, 11) is 0. The Morgan fingerprint density at radius 2 is 1.62 bits per heavy atom. The van der Waals surface area contributed by atoms with Crippen molar-refractivity contribution < 1.29 is 19.1 Å². The molecule has 0 radical (unpaired) electrons. The Balaban J connectivity index is 1.35. The normalized spacial score (nSPS) is 12.6. The fourth-order valence-corrected chi connectivity index (χ4v) is 3.55. The van der Waals surface area contributed by atoms with Gasteiger partial charge in [0.25, 0.3) is 17.7 Å². The van der Waals surface area contributed by atoms with Gasteiger partial charge in [0.05, 0.1) is 23.4 Å². The number of nitrogen functional groups attached to an aromatic ring is 1. The molecule has 162 valence electrons. The lowest BCUT2D eigenvalue weighted by atomic mass is 10.1. The Kier molecular flexibility index (Phi) is 5.89. The Morgan fingerprint density at radius 3 is 2.31 bits per heavy atom. The van der Waals surface area contributed by atoms with Gasteiger partial charge in [0.1, 0.15) is 5.75 Å². The lowest BCUT2D eigenvalue weighted by molar-refractivity contribution is 0.0646. The van der Waals surface area contributed by atoms with Crippen LogP contribution in [0.5, 0.6) is 5.75 Å². The number of nitrogens with zero attached hydrogens (tertiary/aromatic N) is 1. The Hall–Kier alpha value is -4.13. The minimum Gasteiger partial charge on any atom is -0.491 e. The number of carbonyl (C=O) groups is 3. The molecule has 3 aromatic rings. The summed E-state index contributed by atoms with van der Waals surface area (Å²) in [6, 6.07) is 19.0. The van der Waals surface area contributed by atoms with E-state index in [9.17, 15) is 14.4 Å². The third-order valence-corrected chi connectivity index (χ3v) is 5.33. The number of nitrogens with two attached hydrogens (primary N) is 1. The minimum absolute atomic E-state index is 0.256. The number of ether oxygens (including phenoxy) is 1. The second kappa shape index (κ2) is 8.93. The fraction of sp³-hybridized carbons (Fsp3) is 0.160. The van der Waals surface area contributed by atoms with Crippen molar-refractivity contribution in [3.63, 3.8) is 0 Å². The summed E-state index contributed by atoms with van der Waals surface area (Å²) in [6.07, 6.45) is 0.463. The van der Waals surface area contributed by atoms with Gasteiger partial charge in [0.15, 0.2) is 0 Å². The van der Waals surface area contributed by atoms with Gasteiger partial charge in [-0.25, -0.2) is 0 Å². The lowest BCUT2D eigenvalue weighted by Gasteiger charge is -2.15. The predicted molar refractivity (Wildman–Crippen MR) is 122 cm³/mol. The number of rotatable bonds is 7. The zero-order valence-corrected chi connectivity index (χ0v) is 17.6. The number of imide groups is 1. The summed E-state index contributed by atoms with van der Waals surface area (Å²) in [4.78, 5) is 38.7. The van der Waals surface area contributed by atoms with Gasteiger partial charge < -0.3 is 15.8 Å². The molecule has 0 saturated heterocycles. The van der Waals surface area contributed by atoms with Crippen molar-refractivity contribution in [1.82, 2.24) is 4.90 Å². The summed E-state index contributed by atoms with van der Waals surface area (Å²) in [5.74, 6) is -0.320. The van der Waals surface area contributed by atoms with Gasteiger partial charge in [-0.05, 0) is 61.4 Å². The standard InChI is InChI=1S/C25H23N3O4/c1-16-15-17(11-12-20(16)26)23(29)27-21-9-4-5-10-22(21)32-14-6-13-28-24(30)18-7-2-3-8-19(18)25(28)31/h2-5,7-12,15H,6,13-14,26H2,1H3,(H,27,29). The topological polar surface area (TPSA) is 102 Å². The number of para-hydroxylation sites is 2. The van der Waals surface area contributed by atoms with E-state index in [0.717, 1.165) is 5.56 Å². The zero-order chi connectivity index (χ0) is 22.7. The van der Waals surface area contributed by atoms with Gasteiger partial charge >= 0.3 is 0 Å². The molecular weight excluding hydrogens is 406 g/mol. The molecule has 0 aromatic heterocycles.